The Kier molecular flexibility index (Phi) is 2.59. The summed E-state index contributed by atoms with van der Waals surface area (Å²) in [5.74, 6) is -0.149. The van der Waals surface area contributed by atoms with Crippen molar-refractivity contribution in [3.8, 4) is 0 Å². The molecule has 0 aliphatic heterocycles. The summed E-state index contributed by atoms with van der Waals surface area (Å²) in [6, 6.07) is 0. The van der Waals surface area contributed by atoms with Gasteiger partial charge in [0, 0.05) is 4.48 Å². The van der Waals surface area contributed by atoms with Crippen molar-refractivity contribution in [3.05, 3.63) is 33.7 Å². The van der Waals surface area contributed by atoms with E-state index in [4.69, 9.17) is 0 Å². The molecular weight excluding hydrogens is 226 g/mol. The Morgan fingerprint density at radius 1 is 1.92 bits per heavy atom. The molecule has 0 aliphatic carbocycles. The quantitative estimate of drug-likeness (QED) is 0.588. The Morgan fingerprint density at radius 2 is 2.58 bits per heavy atom. The van der Waals surface area contributed by atoms with E-state index in [0.717, 1.165) is 4.48 Å². The summed E-state index contributed by atoms with van der Waals surface area (Å²) in [4.78, 5) is 13.2. The zero-order valence-corrected chi connectivity index (χ0v) is 7.69. The molecule has 0 amide bonds. The molecule has 0 saturated heterocycles. The van der Waals surface area contributed by atoms with Crippen molar-refractivity contribution in [3.63, 3.8) is 0 Å². The van der Waals surface area contributed by atoms with E-state index in [1.165, 1.54) is 12.5 Å². The van der Waals surface area contributed by atoms with Gasteiger partial charge in [0.2, 0.25) is 6.33 Å². The number of hydrogen-bond donors (Lipinski definition) is 0. The van der Waals surface area contributed by atoms with E-state index >= 15 is 0 Å². The van der Waals surface area contributed by atoms with Crippen LogP contribution in [0, 0.1) is 10.1 Å². The van der Waals surface area contributed by atoms with Gasteiger partial charge in [-0.1, -0.05) is 22.5 Å². The van der Waals surface area contributed by atoms with Crippen LogP contribution in [0.15, 0.2) is 23.6 Å². The van der Waals surface area contributed by atoms with Crippen LogP contribution >= 0.6 is 15.9 Å². The van der Waals surface area contributed by atoms with Gasteiger partial charge in [0.05, 0.1) is 6.54 Å². The number of aromatic nitrogens is 2. The van der Waals surface area contributed by atoms with E-state index in [-0.39, 0.29) is 5.82 Å². The molecule has 64 valence electrons. The first-order valence-corrected chi connectivity index (χ1v) is 3.88. The third-order valence-corrected chi connectivity index (χ3v) is 1.41. The van der Waals surface area contributed by atoms with Gasteiger partial charge in [-0.15, -0.1) is 0 Å². The van der Waals surface area contributed by atoms with Gasteiger partial charge in [0.1, 0.15) is 6.20 Å². The van der Waals surface area contributed by atoms with Crippen LogP contribution in [0.5, 0.6) is 0 Å². The topological polar surface area (TPSA) is 61.0 Å². The van der Waals surface area contributed by atoms with Crippen LogP contribution in [0.1, 0.15) is 0 Å². The van der Waals surface area contributed by atoms with Gasteiger partial charge in [-0.3, -0.25) is 0 Å². The molecule has 12 heavy (non-hydrogen) atoms. The first kappa shape index (κ1) is 8.92. The van der Waals surface area contributed by atoms with Crippen LogP contribution in [0.25, 0.3) is 0 Å². The normalized spacial score (nSPS) is 9.75. The second-order valence-electron chi connectivity index (χ2n) is 2.18. The molecule has 5 nitrogen and oxygen atoms in total. The van der Waals surface area contributed by atoms with Crippen LogP contribution in [-0.2, 0) is 6.54 Å². The van der Waals surface area contributed by atoms with Crippen LogP contribution in [0.4, 0.5) is 5.82 Å². The van der Waals surface area contributed by atoms with E-state index in [0.29, 0.717) is 6.54 Å². The Balaban J connectivity index is 2.77. The van der Waals surface area contributed by atoms with Crippen LogP contribution in [0.3, 0.4) is 0 Å². The molecule has 1 rings (SSSR count). The van der Waals surface area contributed by atoms with E-state index in [1.807, 2.05) is 0 Å². The summed E-state index contributed by atoms with van der Waals surface area (Å²) >= 11 is 3.14. The lowest BCUT2D eigenvalue weighted by molar-refractivity contribution is -0.389. The van der Waals surface area contributed by atoms with Gasteiger partial charge in [0.25, 0.3) is 0 Å². The Hall–Kier alpha value is -1.17. The van der Waals surface area contributed by atoms with Gasteiger partial charge in [0.15, 0.2) is 0 Å². The number of rotatable bonds is 3. The molecule has 0 saturated carbocycles. The highest BCUT2D eigenvalue weighted by molar-refractivity contribution is 9.11. The first-order chi connectivity index (χ1) is 5.59. The highest BCUT2D eigenvalue weighted by Crippen LogP contribution is 2.09. The first-order valence-electron chi connectivity index (χ1n) is 3.09. The summed E-state index contributed by atoms with van der Waals surface area (Å²) in [5.41, 5.74) is 0. The zero-order valence-electron chi connectivity index (χ0n) is 6.11. The largest absolute Gasteiger partial charge is 0.381 e. The fourth-order valence-electron chi connectivity index (χ4n) is 0.727. The molecule has 0 fully saturated rings. The molecule has 0 unspecified atom stereocenters. The molecule has 0 bridgehead atoms. The van der Waals surface area contributed by atoms with Crippen LogP contribution < -0.4 is 0 Å². The minimum atomic E-state index is -0.534. The van der Waals surface area contributed by atoms with Gasteiger partial charge in [-0.05, 0) is 9.91 Å². The van der Waals surface area contributed by atoms with Crippen molar-refractivity contribution in [1.82, 2.24) is 9.55 Å². The Bertz CT molecular complexity index is 320. The summed E-state index contributed by atoms with van der Waals surface area (Å²) < 4.78 is 2.32. The molecule has 6 heteroatoms. The van der Waals surface area contributed by atoms with E-state index in [1.54, 1.807) is 4.57 Å². The van der Waals surface area contributed by atoms with Gasteiger partial charge >= 0.3 is 5.82 Å². The summed E-state index contributed by atoms with van der Waals surface area (Å²) in [7, 11) is 0. The van der Waals surface area contributed by atoms with Crippen LogP contribution in [0.2, 0.25) is 0 Å². The molecule has 1 aromatic rings. The number of allylic oxidation sites excluding steroid dienone is 1. The summed E-state index contributed by atoms with van der Waals surface area (Å²) in [5, 5.41) is 10.2. The monoisotopic (exact) mass is 231 g/mol. The van der Waals surface area contributed by atoms with E-state index in [9.17, 15) is 10.1 Å². The number of imidazole rings is 1. The molecule has 1 heterocycles. The number of nitro groups is 1. The average Bonchev–Trinajstić information content (AvgIpc) is 2.34. The smallest absolute Gasteiger partial charge is 0.358 e. The summed E-state index contributed by atoms with van der Waals surface area (Å²) in [6.45, 7) is 4.09. The maximum absolute atomic E-state index is 10.2. The maximum atomic E-state index is 10.2. The van der Waals surface area contributed by atoms with Gasteiger partial charge in [-0.25, -0.2) is 0 Å². The molecule has 0 aliphatic rings. The van der Waals surface area contributed by atoms with Crippen molar-refractivity contribution < 1.29 is 4.92 Å². The van der Waals surface area contributed by atoms with Crippen molar-refractivity contribution in [2.24, 2.45) is 0 Å². The summed E-state index contributed by atoms with van der Waals surface area (Å²) in [6.07, 6.45) is 2.75. The highest BCUT2D eigenvalue weighted by atomic mass is 79.9. The van der Waals surface area contributed by atoms with E-state index in [2.05, 4.69) is 27.5 Å². The minimum absolute atomic E-state index is 0.149. The zero-order chi connectivity index (χ0) is 9.14. The predicted molar refractivity (Wildman–Crippen MR) is 46.9 cm³/mol. The Labute approximate surface area is 77.0 Å². The minimum Gasteiger partial charge on any atom is -0.358 e. The van der Waals surface area contributed by atoms with Crippen molar-refractivity contribution in [1.29, 1.82) is 0 Å². The fourth-order valence-corrected chi connectivity index (χ4v) is 1.02. The predicted octanol–water partition coefficient (Wildman–Crippen LogP) is 1.70. The lowest BCUT2D eigenvalue weighted by atomic mass is 10.6. The molecule has 0 N–H and O–H groups in total. The lowest BCUT2D eigenvalue weighted by Crippen LogP contribution is -1.92. The Morgan fingerprint density at radius 3 is 3.00 bits per heavy atom. The highest BCUT2D eigenvalue weighted by Gasteiger charge is 2.08. The molecular formula is C6H6BrN3O2. The second-order valence-corrected chi connectivity index (χ2v) is 3.30. The molecule has 0 atom stereocenters. The maximum Gasteiger partial charge on any atom is 0.381 e. The molecule has 0 radical (unpaired) electrons. The third-order valence-electron chi connectivity index (χ3n) is 1.16. The van der Waals surface area contributed by atoms with Crippen LogP contribution in [-0.4, -0.2) is 14.5 Å². The van der Waals surface area contributed by atoms with Gasteiger partial charge in [-0.2, -0.15) is 0 Å². The van der Waals surface area contributed by atoms with E-state index < -0.39 is 4.92 Å². The third kappa shape index (κ3) is 2.16. The fraction of sp³-hybridized carbons (Fsp3) is 0.167. The van der Waals surface area contributed by atoms with Crippen molar-refractivity contribution in [2.75, 3.05) is 0 Å². The second kappa shape index (κ2) is 3.48. The SMILES string of the molecule is C=C(Br)Cn1cnc([N+](=O)[O-])c1. The van der Waals surface area contributed by atoms with Crippen molar-refractivity contribution in [2.45, 2.75) is 6.54 Å². The number of nitrogens with zero attached hydrogens (tertiary/aromatic N) is 3. The number of halogens is 1. The number of hydrogen-bond acceptors (Lipinski definition) is 3. The van der Waals surface area contributed by atoms with Crippen molar-refractivity contribution >= 4 is 21.7 Å². The molecule has 0 spiro atoms. The molecule has 1 aromatic heterocycles. The standard InChI is InChI=1S/C6H6BrN3O2/c1-5(7)2-9-3-6(8-4-9)10(11)12/h3-4H,1-2H2. The van der Waals surface area contributed by atoms with Gasteiger partial charge < -0.3 is 14.7 Å². The molecule has 0 aromatic carbocycles. The average molecular weight is 232 g/mol. The lowest BCUT2D eigenvalue weighted by Gasteiger charge is -1.94.